The molecule has 3 N–H and O–H groups in total. The van der Waals surface area contributed by atoms with Crippen LogP contribution < -0.4 is 5.73 Å². The van der Waals surface area contributed by atoms with Crippen molar-refractivity contribution in [2.24, 2.45) is 10.7 Å². The molecule has 0 saturated carbocycles. The summed E-state index contributed by atoms with van der Waals surface area (Å²) >= 11 is 5.92. The van der Waals surface area contributed by atoms with Crippen molar-refractivity contribution in [3.63, 3.8) is 0 Å². The second-order valence-corrected chi connectivity index (χ2v) is 5.63. The maximum absolute atomic E-state index is 11.5. The van der Waals surface area contributed by atoms with Crippen LogP contribution in [0.5, 0.6) is 0 Å². The zero-order chi connectivity index (χ0) is 17.9. The highest BCUT2D eigenvalue weighted by Gasteiger charge is 2.17. The minimum Gasteiger partial charge on any atom is -0.476 e. The number of aliphatic imine (C=N–C) groups is 1. The lowest BCUT2D eigenvalue weighted by Gasteiger charge is -2.08. The van der Waals surface area contributed by atoms with Crippen molar-refractivity contribution in [2.45, 2.75) is 13.5 Å². The van der Waals surface area contributed by atoms with Gasteiger partial charge in [-0.25, -0.2) is 9.78 Å². The maximum Gasteiger partial charge on any atom is 0.356 e. The number of aromatic carboxylic acids is 1. The van der Waals surface area contributed by atoms with Crippen LogP contribution in [0, 0.1) is 0 Å². The van der Waals surface area contributed by atoms with Gasteiger partial charge in [0.1, 0.15) is 0 Å². The number of carbonyl (C=O) groups excluding carboxylic acids is 1. The Morgan fingerprint density at radius 3 is 2.75 bits per heavy atom. The van der Waals surface area contributed by atoms with E-state index in [9.17, 15) is 9.59 Å². The summed E-state index contributed by atoms with van der Waals surface area (Å²) in [5.41, 5.74) is 7.22. The monoisotopic (exact) mass is 346 g/mol. The van der Waals surface area contributed by atoms with Crippen molar-refractivity contribution in [1.82, 2.24) is 9.55 Å². The van der Waals surface area contributed by atoms with Gasteiger partial charge in [0.05, 0.1) is 5.69 Å². The van der Waals surface area contributed by atoms with Gasteiger partial charge in [0, 0.05) is 23.3 Å². The number of allylic oxidation sites excluding steroid dienone is 1. The lowest BCUT2D eigenvalue weighted by molar-refractivity contribution is 0.0691. The Bertz CT molecular complexity index is 851. The maximum atomic E-state index is 11.5. The molecule has 0 saturated heterocycles. The average Bonchev–Trinajstić information content (AvgIpc) is 2.91. The topological polar surface area (TPSA) is 111 Å². The molecule has 7 nitrogen and oxygen atoms in total. The quantitative estimate of drug-likeness (QED) is 0.783. The first-order valence-corrected chi connectivity index (χ1v) is 7.23. The number of hydrogen-bond acceptors (Lipinski definition) is 4. The second kappa shape index (κ2) is 7.10. The number of carboxylic acid groups (broad SMARTS) is 1. The molecule has 0 spiro atoms. The number of benzene rings is 1. The highest BCUT2D eigenvalue weighted by molar-refractivity contribution is 6.31. The predicted molar refractivity (Wildman–Crippen MR) is 92.0 cm³/mol. The Labute approximate surface area is 143 Å². The lowest BCUT2D eigenvalue weighted by Crippen LogP contribution is -2.18. The lowest BCUT2D eigenvalue weighted by atomic mass is 10.1. The molecule has 1 amide bonds. The Kier molecular flexibility index (Phi) is 5.15. The molecule has 2 aromatic rings. The molecule has 0 radical (unpaired) electrons. The molecule has 8 heteroatoms. The molecule has 0 aliphatic heterocycles. The number of carbonyl (C=O) groups is 2. The number of halogens is 1. The van der Waals surface area contributed by atoms with E-state index in [1.54, 1.807) is 25.1 Å². The zero-order valence-electron chi connectivity index (χ0n) is 12.9. The van der Waals surface area contributed by atoms with Gasteiger partial charge >= 0.3 is 5.97 Å². The van der Waals surface area contributed by atoms with E-state index in [1.165, 1.54) is 10.8 Å². The third kappa shape index (κ3) is 3.88. The number of aromatic nitrogens is 2. The summed E-state index contributed by atoms with van der Waals surface area (Å²) < 4.78 is 1.39. The Balaban J connectivity index is 2.44. The molecule has 0 atom stereocenters. The van der Waals surface area contributed by atoms with Crippen LogP contribution in [-0.4, -0.2) is 33.3 Å². The van der Waals surface area contributed by atoms with Crippen LogP contribution in [0.2, 0.25) is 0 Å². The molecule has 124 valence electrons. The largest absolute Gasteiger partial charge is 0.476 e. The van der Waals surface area contributed by atoms with Gasteiger partial charge in [-0.15, -0.1) is 0 Å². The fourth-order valence-electron chi connectivity index (χ4n) is 2.21. The normalized spacial score (nSPS) is 11.3. The van der Waals surface area contributed by atoms with Gasteiger partial charge in [-0.2, -0.15) is 0 Å². The van der Waals surface area contributed by atoms with Crippen molar-refractivity contribution < 1.29 is 14.7 Å². The molecular formula is C16H15ClN4O3. The molecule has 1 heterocycles. The predicted octanol–water partition coefficient (Wildman–Crippen LogP) is 2.66. The number of amides is 1. The Morgan fingerprint density at radius 2 is 2.21 bits per heavy atom. The molecule has 1 aromatic heterocycles. The van der Waals surface area contributed by atoms with Crippen LogP contribution in [0.25, 0.3) is 6.08 Å². The number of hydrogen-bond donors (Lipinski definition) is 2. The summed E-state index contributed by atoms with van der Waals surface area (Å²) in [7, 11) is 0. The minimum atomic E-state index is -1.23. The molecule has 24 heavy (non-hydrogen) atoms. The van der Waals surface area contributed by atoms with Crippen LogP contribution in [0.15, 0.2) is 34.4 Å². The van der Waals surface area contributed by atoms with Crippen LogP contribution >= 0.6 is 11.6 Å². The Morgan fingerprint density at radius 1 is 1.50 bits per heavy atom. The summed E-state index contributed by atoms with van der Waals surface area (Å²) in [6.07, 6.45) is 3.01. The fourth-order valence-corrected chi connectivity index (χ4v) is 2.33. The highest BCUT2D eigenvalue weighted by Crippen LogP contribution is 2.24. The number of imidazole rings is 1. The molecule has 0 aliphatic carbocycles. The van der Waals surface area contributed by atoms with E-state index in [1.807, 2.05) is 6.07 Å². The second-order valence-electron chi connectivity index (χ2n) is 5.03. The van der Waals surface area contributed by atoms with E-state index < -0.39 is 11.9 Å². The first-order valence-electron chi connectivity index (χ1n) is 6.85. The van der Waals surface area contributed by atoms with E-state index in [4.69, 9.17) is 22.4 Å². The minimum absolute atomic E-state index is 0.121. The van der Waals surface area contributed by atoms with Crippen molar-refractivity contribution in [3.05, 3.63) is 52.1 Å². The van der Waals surface area contributed by atoms with Gasteiger partial charge in [-0.1, -0.05) is 17.7 Å². The molecular weight excluding hydrogens is 332 g/mol. The van der Waals surface area contributed by atoms with Crippen molar-refractivity contribution in [1.29, 1.82) is 0 Å². The van der Waals surface area contributed by atoms with Crippen molar-refractivity contribution >= 4 is 42.0 Å². The summed E-state index contributed by atoms with van der Waals surface area (Å²) in [6, 6.07) is 5.37. The van der Waals surface area contributed by atoms with Crippen LogP contribution in [0.4, 0.5) is 5.69 Å². The van der Waals surface area contributed by atoms with E-state index >= 15 is 0 Å². The standard InChI is InChI=1S/C16H15ClN4O3/c1-9(17)5-11-6-10(3-4-12(11)19-2)7-21-8-13(16(23)24)20-15(21)14(18)22/h3-6,8H,2,7H2,1H3,(H2,18,22)(H,23,24)/b9-5+. The van der Waals surface area contributed by atoms with Gasteiger partial charge < -0.3 is 15.4 Å². The summed E-state index contributed by atoms with van der Waals surface area (Å²) in [5, 5.41) is 9.59. The molecule has 1 aromatic carbocycles. The number of carboxylic acids is 1. The number of primary amides is 1. The van der Waals surface area contributed by atoms with Gasteiger partial charge in [0.25, 0.3) is 5.91 Å². The first-order chi connectivity index (χ1) is 11.3. The highest BCUT2D eigenvalue weighted by atomic mass is 35.5. The number of rotatable bonds is 6. The third-order valence-corrected chi connectivity index (χ3v) is 3.29. The molecule has 0 aliphatic rings. The summed E-state index contributed by atoms with van der Waals surface area (Å²) in [5.74, 6) is -2.16. The fraction of sp³-hybridized carbons (Fsp3) is 0.125. The van der Waals surface area contributed by atoms with Crippen LogP contribution in [-0.2, 0) is 6.54 Å². The Hall–Kier alpha value is -2.93. The van der Waals surface area contributed by atoms with Gasteiger partial charge in [0.15, 0.2) is 11.5 Å². The smallest absolute Gasteiger partial charge is 0.356 e. The van der Waals surface area contributed by atoms with Crippen molar-refractivity contribution in [2.75, 3.05) is 0 Å². The third-order valence-electron chi connectivity index (χ3n) is 3.19. The van der Waals surface area contributed by atoms with Gasteiger partial charge in [-0.3, -0.25) is 9.79 Å². The van der Waals surface area contributed by atoms with E-state index in [-0.39, 0.29) is 18.1 Å². The molecule has 0 unspecified atom stereocenters. The SMILES string of the molecule is C=Nc1ccc(Cn2cc(C(=O)O)nc2C(N)=O)cc1/C=C(\C)Cl. The van der Waals surface area contributed by atoms with E-state index in [0.717, 1.165) is 11.1 Å². The van der Waals surface area contributed by atoms with E-state index in [0.29, 0.717) is 10.7 Å². The van der Waals surface area contributed by atoms with E-state index in [2.05, 4.69) is 16.7 Å². The number of nitrogens with two attached hydrogens (primary N) is 1. The first kappa shape index (κ1) is 17.4. The molecule has 0 bridgehead atoms. The number of nitrogens with zero attached hydrogens (tertiary/aromatic N) is 3. The van der Waals surface area contributed by atoms with Crippen LogP contribution in [0.1, 0.15) is 39.2 Å². The zero-order valence-corrected chi connectivity index (χ0v) is 13.6. The van der Waals surface area contributed by atoms with Gasteiger partial charge in [0.2, 0.25) is 0 Å². The summed E-state index contributed by atoms with van der Waals surface area (Å²) in [4.78, 5) is 30.1. The molecule has 2 rings (SSSR count). The molecule has 0 fully saturated rings. The summed E-state index contributed by atoms with van der Waals surface area (Å²) in [6.45, 7) is 5.47. The van der Waals surface area contributed by atoms with Crippen LogP contribution in [0.3, 0.4) is 0 Å². The average molecular weight is 347 g/mol. The van der Waals surface area contributed by atoms with Crippen molar-refractivity contribution in [3.8, 4) is 0 Å². The van der Waals surface area contributed by atoms with Gasteiger partial charge in [-0.05, 0) is 37.4 Å².